The molecule has 0 fully saturated rings. The smallest absolute Gasteiger partial charge is 0.159 e. The molecule has 21 heavy (non-hydrogen) atoms. The molecule has 0 unspecified atom stereocenters. The molecule has 0 aliphatic rings. The van der Waals surface area contributed by atoms with E-state index in [2.05, 4.69) is 35.1 Å². The first-order chi connectivity index (χ1) is 9.95. The molecule has 2 rings (SSSR count). The van der Waals surface area contributed by atoms with Gasteiger partial charge in [0, 0.05) is 26.9 Å². The highest BCUT2D eigenvalue weighted by Gasteiger charge is 2.07. The minimum atomic E-state index is -0.825. The Morgan fingerprint density at radius 1 is 1.10 bits per heavy atom. The van der Waals surface area contributed by atoms with Crippen LogP contribution in [0, 0.1) is 11.6 Å². The number of nitrogens with one attached hydrogen (secondary N) is 1. The Morgan fingerprint density at radius 2 is 1.86 bits per heavy atom. The SMILES string of the molecule is CC(C)NCc1ccc(Sc2ccc(F)c(F)c2)c(Br)c1. The number of hydrogen-bond acceptors (Lipinski definition) is 2. The zero-order valence-electron chi connectivity index (χ0n) is 11.8. The molecule has 0 aromatic heterocycles. The summed E-state index contributed by atoms with van der Waals surface area (Å²) in [7, 11) is 0. The molecular formula is C16H16BrF2NS. The monoisotopic (exact) mass is 371 g/mol. The molecule has 0 spiro atoms. The van der Waals surface area contributed by atoms with Gasteiger partial charge in [0.1, 0.15) is 0 Å². The zero-order chi connectivity index (χ0) is 15.4. The normalized spacial score (nSPS) is 11.1. The summed E-state index contributed by atoms with van der Waals surface area (Å²) in [6.07, 6.45) is 0. The fraction of sp³-hybridized carbons (Fsp3) is 0.250. The van der Waals surface area contributed by atoms with E-state index in [0.29, 0.717) is 10.9 Å². The summed E-state index contributed by atoms with van der Waals surface area (Å²) in [5.41, 5.74) is 1.17. The fourth-order valence-corrected chi connectivity index (χ4v) is 3.24. The van der Waals surface area contributed by atoms with Gasteiger partial charge in [0.05, 0.1) is 0 Å². The standard InChI is InChI=1S/C16H16BrF2NS/c1-10(2)20-9-11-3-6-16(13(17)7-11)21-12-4-5-14(18)15(19)8-12/h3-8,10,20H,9H2,1-2H3. The Balaban J connectivity index is 2.11. The lowest BCUT2D eigenvalue weighted by Crippen LogP contribution is -2.21. The van der Waals surface area contributed by atoms with Crippen LogP contribution in [0.25, 0.3) is 0 Å². The maximum absolute atomic E-state index is 13.2. The third kappa shape index (κ3) is 4.80. The molecule has 112 valence electrons. The van der Waals surface area contributed by atoms with Crippen molar-refractivity contribution >= 4 is 27.7 Å². The van der Waals surface area contributed by atoms with Crippen LogP contribution in [0.5, 0.6) is 0 Å². The highest BCUT2D eigenvalue weighted by Crippen LogP contribution is 2.34. The molecule has 5 heteroatoms. The average molecular weight is 372 g/mol. The van der Waals surface area contributed by atoms with E-state index < -0.39 is 11.6 Å². The van der Waals surface area contributed by atoms with Crippen LogP contribution < -0.4 is 5.32 Å². The predicted molar refractivity (Wildman–Crippen MR) is 86.6 cm³/mol. The summed E-state index contributed by atoms with van der Waals surface area (Å²) >= 11 is 4.92. The lowest BCUT2D eigenvalue weighted by atomic mass is 10.2. The second kappa shape index (κ2) is 7.38. The van der Waals surface area contributed by atoms with Gasteiger partial charge in [-0.1, -0.05) is 31.7 Å². The van der Waals surface area contributed by atoms with Gasteiger partial charge in [-0.2, -0.15) is 0 Å². The third-order valence-electron chi connectivity index (χ3n) is 2.83. The van der Waals surface area contributed by atoms with E-state index in [9.17, 15) is 8.78 Å². The van der Waals surface area contributed by atoms with Crippen LogP contribution >= 0.6 is 27.7 Å². The number of benzene rings is 2. The van der Waals surface area contributed by atoms with Crippen molar-refractivity contribution in [2.45, 2.75) is 36.2 Å². The number of hydrogen-bond donors (Lipinski definition) is 1. The molecule has 0 amide bonds. The van der Waals surface area contributed by atoms with E-state index in [1.807, 2.05) is 18.2 Å². The second-order valence-electron chi connectivity index (χ2n) is 4.98. The van der Waals surface area contributed by atoms with E-state index in [1.165, 1.54) is 23.4 Å². The zero-order valence-corrected chi connectivity index (χ0v) is 14.2. The van der Waals surface area contributed by atoms with Crippen molar-refractivity contribution in [1.82, 2.24) is 5.32 Å². The van der Waals surface area contributed by atoms with Crippen molar-refractivity contribution in [2.24, 2.45) is 0 Å². The Kier molecular flexibility index (Phi) is 5.79. The molecule has 0 bridgehead atoms. The number of halogens is 3. The molecule has 1 nitrogen and oxygen atoms in total. The first-order valence-electron chi connectivity index (χ1n) is 6.60. The topological polar surface area (TPSA) is 12.0 Å². The summed E-state index contributed by atoms with van der Waals surface area (Å²) < 4.78 is 27.1. The van der Waals surface area contributed by atoms with Gasteiger partial charge in [0.25, 0.3) is 0 Å². The summed E-state index contributed by atoms with van der Waals surface area (Å²) in [6, 6.07) is 10.4. The molecule has 0 aliphatic carbocycles. The molecule has 1 N–H and O–H groups in total. The highest BCUT2D eigenvalue weighted by molar-refractivity contribution is 9.10. The lowest BCUT2D eigenvalue weighted by Gasteiger charge is -2.10. The maximum atomic E-state index is 13.2. The van der Waals surface area contributed by atoms with Gasteiger partial charge in [0.2, 0.25) is 0 Å². The van der Waals surface area contributed by atoms with Crippen LogP contribution in [0.4, 0.5) is 8.78 Å². The molecule has 2 aromatic carbocycles. The molecule has 0 atom stereocenters. The first-order valence-corrected chi connectivity index (χ1v) is 8.21. The lowest BCUT2D eigenvalue weighted by molar-refractivity contribution is 0.506. The predicted octanol–water partition coefficient (Wildman–Crippen LogP) is 5.38. The van der Waals surface area contributed by atoms with Gasteiger partial charge < -0.3 is 5.32 Å². The van der Waals surface area contributed by atoms with E-state index in [-0.39, 0.29) is 0 Å². The van der Waals surface area contributed by atoms with Crippen LogP contribution in [-0.4, -0.2) is 6.04 Å². The van der Waals surface area contributed by atoms with Crippen LogP contribution in [0.2, 0.25) is 0 Å². The van der Waals surface area contributed by atoms with Crippen LogP contribution in [0.3, 0.4) is 0 Å². The molecule has 0 heterocycles. The van der Waals surface area contributed by atoms with Crippen molar-refractivity contribution in [3.8, 4) is 0 Å². The van der Waals surface area contributed by atoms with E-state index >= 15 is 0 Å². The highest BCUT2D eigenvalue weighted by atomic mass is 79.9. The molecule has 0 radical (unpaired) electrons. The van der Waals surface area contributed by atoms with Crippen molar-refractivity contribution in [3.63, 3.8) is 0 Å². The van der Waals surface area contributed by atoms with Crippen LogP contribution in [0.15, 0.2) is 50.7 Å². The largest absolute Gasteiger partial charge is 0.310 e. The molecule has 0 saturated carbocycles. The van der Waals surface area contributed by atoms with Gasteiger partial charge in [-0.05, 0) is 51.8 Å². The summed E-state index contributed by atoms with van der Waals surface area (Å²) in [6.45, 7) is 5.00. The van der Waals surface area contributed by atoms with E-state index in [4.69, 9.17) is 0 Å². The fourth-order valence-electron chi connectivity index (χ4n) is 1.73. The molecule has 0 saturated heterocycles. The maximum Gasteiger partial charge on any atom is 0.159 e. The molecular weight excluding hydrogens is 356 g/mol. The minimum absolute atomic E-state index is 0.431. The quantitative estimate of drug-likeness (QED) is 0.757. The Bertz CT molecular complexity index is 632. The van der Waals surface area contributed by atoms with Gasteiger partial charge in [0.15, 0.2) is 11.6 Å². The van der Waals surface area contributed by atoms with Crippen LogP contribution in [0.1, 0.15) is 19.4 Å². The first kappa shape index (κ1) is 16.5. The number of rotatable bonds is 5. The summed E-state index contributed by atoms with van der Waals surface area (Å²) in [5, 5.41) is 3.35. The average Bonchev–Trinajstić information content (AvgIpc) is 2.43. The Morgan fingerprint density at radius 3 is 2.48 bits per heavy atom. The van der Waals surface area contributed by atoms with Crippen molar-refractivity contribution < 1.29 is 8.78 Å². The van der Waals surface area contributed by atoms with Crippen LogP contribution in [-0.2, 0) is 6.54 Å². The van der Waals surface area contributed by atoms with Gasteiger partial charge >= 0.3 is 0 Å². The summed E-state index contributed by atoms with van der Waals surface area (Å²) in [5.74, 6) is -1.65. The Hall–Kier alpha value is -0.910. The van der Waals surface area contributed by atoms with Gasteiger partial charge in [-0.3, -0.25) is 0 Å². The van der Waals surface area contributed by atoms with E-state index in [0.717, 1.165) is 22.0 Å². The Labute approximate surface area is 136 Å². The van der Waals surface area contributed by atoms with Crippen molar-refractivity contribution in [1.29, 1.82) is 0 Å². The summed E-state index contributed by atoms with van der Waals surface area (Å²) in [4.78, 5) is 1.64. The van der Waals surface area contributed by atoms with Crippen molar-refractivity contribution in [3.05, 3.63) is 58.1 Å². The molecule has 0 aliphatic heterocycles. The van der Waals surface area contributed by atoms with Crippen molar-refractivity contribution in [2.75, 3.05) is 0 Å². The second-order valence-corrected chi connectivity index (χ2v) is 6.95. The van der Waals surface area contributed by atoms with Gasteiger partial charge in [-0.25, -0.2) is 8.78 Å². The molecule has 2 aromatic rings. The minimum Gasteiger partial charge on any atom is -0.310 e. The van der Waals surface area contributed by atoms with Gasteiger partial charge in [-0.15, -0.1) is 0 Å². The third-order valence-corrected chi connectivity index (χ3v) is 4.81. The van der Waals surface area contributed by atoms with E-state index in [1.54, 1.807) is 6.07 Å².